The number of hydrogen-bond acceptors (Lipinski definition) is 8. The average Bonchev–Trinajstić information content (AvgIpc) is 3.19. The molecule has 5 heterocycles. The van der Waals surface area contributed by atoms with E-state index < -0.39 is 24.9 Å². The van der Waals surface area contributed by atoms with Crippen molar-refractivity contribution in [3.63, 3.8) is 0 Å². The van der Waals surface area contributed by atoms with Crippen molar-refractivity contribution >= 4 is 17.5 Å². The van der Waals surface area contributed by atoms with Crippen molar-refractivity contribution in [1.82, 2.24) is 29.6 Å². The van der Waals surface area contributed by atoms with Crippen molar-refractivity contribution in [2.45, 2.75) is 43.6 Å². The summed E-state index contributed by atoms with van der Waals surface area (Å²) < 4.78 is 49.6. The monoisotopic (exact) mass is 530 g/mol. The third kappa shape index (κ3) is 4.02. The van der Waals surface area contributed by atoms with E-state index in [0.717, 1.165) is 24.4 Å². The SMILES string of the molecule is N#Cc1ccnc(N2CCC(c3nnc4n3-c3ccc(Cl)cc3CN(C3(C(F)(F)F)COC3)C4)CC2)n1. The Morgan fingerprint density at radius 2 is 1.89 bits per heavy atom. The van der Waals surface area contributed by atoms with Gasteiger partial charge in [0.15, 0.2) is 11.4 Å². The number of hydrogen-bond donors (Lipinski definition) is 0. The van der Waals surface area contributed by atoms with Crippen molar-refractivity contribution in [1.29, 1.82) is 5.26 Å². The van der Waals surface area contributed by atoms with E-state index in [2.05, 4.69) is 20.2 Å². The molecule has 13 heteroatoms. The Morgan fingerprint density at radius 1 is 1.11 bits per heavy atom. The highest BCUT2D eigenvalue weighted by molar-refractivity contribution is 6.30. The van der Waals surface area contributed by atoms with E-state index >= 15 is 0 Å². The van der Waals surface area contributed by atoms with Crippen molar-refractivity contribution in [2.24, 2.45) is 0 Å². The summed E-state index contributed by atoms with van der Waals surface area (Å²) in [5.74, 6) is 1.72. The van der Waals surface area contributed by atoms with Crippen LogP contribution in [0.15, 0.2) is 30.5 Å². The molecular weight excluding hydrogens is 509 g/mol. The van der Waals surface area contributed by atoms with Crippen LogP contribution in [-0.2, 0) is 17.8 Å². The molecule has 2 saturated heterocycles. The Kier molecular flexibility index (Phi) is 5.82. The van der Waals surface area contributed by atoms with E-state index in [1.54, 1.807) is 24.4 Å². The summed E-state index contributed by atoms with van der Waals surface area (Å²) >= 11 is 6.27. The van der Waals surface area contributed by atoms with E-state index in [1.165, 1.54) is 4.90 Å². The Labute approximate surface area is 215 Å². The maximum absolute atomic E-state index is 14.2. The van der Waals surface area contributed by atoms with Crippen LogP contribution < -0.4 is 4.90 Å². The predicted octanol–water partition coefficient (Wildman–Crippen LogP) is 3.61. The number of fused-ring (bicyclic) bond motifs is 3. The molecule has 0 atom stereocenters. The Bertz CT molecular complexity index is 1380. The molecule has 0 aliphatic carbocycles. The molecule has 0 unspecified atom stereocenters. The molecule has 0 amide bonds. The van der Waals surface area contributed by atoms with Gasteiger partial charge in [-0.3, -0.25) is 9.47 Å². The molecule has 2 aromatic heterocycles. The number of alkyl halides is 3. The van der Waals surface area contributed by atoms with Crippen LogP contribution in [0.5, 0.6) is 0 Å². The predicted molar refractivity (Wildman–Crippen MR) is 126 cm³/mol. The number of anilines is 1. The second-order valence-electron chi connectivity index (χ2n) is 9.58. The Hall–Kier alpha value is -3.27. The van der Waals surface area contributed by atoms with Crippen LogP contribution in [0.3, 0.4) is 0 Å². The number of ether oxygens (including phenoxy) is 1. The van der Waals surface area contributed by atoms with E-state index in [0.29, 0.717) is 41.1 Å². The molecule has 1 aromatic carbocycles. The molecule has 3 aliphatic rings. The molecule has 6 rings (SSSR count). The first kappa shape index (κ1) is 24.1. The molecule has 0 bridgehead atoms. The highest BCUT2D eigenvalue weighted by Crippen LogP contribution is 2.44. The summed E-state index contributed by atoms with van der Waals surface area (Å²) in [5, 5.41) is 18.4. The molecule has 0 N–H and O–H groups in total. The minimum atomic E-state index is -4.46. The summed E-state index contributed by atoms with van der Waals surface area (Å²) in [6.45, 7) is 0.510. The van der Waals surface area contributed by atoms with Gasteiger partial charge in [0.05, 0.1) is 25.4 Å². The molecule has 3 aliphatic heterocycles. The maximum atomic E-state index is 14.2. The van der Waals surface area contributed by atoms with Gasteiger partial charge in [-0.1, -0.05) is 11.6 Å². The van der Waals surface area contributed by atoms with E-state index in [4.69, 9.17) is 21.6 Å². The number of benzene rings is 1. The standard InChI is InChI=1S/C24H22ClF3N8O/c25-17-1-2-19-16(9-17)11-35(23(13-37-14-23)24(26,27)28)12-20-32-33-21(36(19)20)15-4-7-34(8-5-15)22-30-6-3-18(10-29)31-22/h1-3,6,9,15H,4-5,7-8,11-14H2. The lowest BCUT2D eigenvalue weighted by molar-refractivity contribution is -0.310. The lowest BCUT2D eigenvalue weighted by atomic mass is 9.93. The van der Waals surface area contributed by atoms with Gasteiger partial charge in [-0.2, -0.15) is 18.4 Å². The van der Waals surface area contributed by atoms with Crippen molar-refractivity contribution < 1.29 is 17.9 Å². The van der Waals surface area contributed by atoms with E-state index in [1.807, 2.05) is 21.6 Å². The highest BCUT2D eigenvalue weighted by atomic mass is 35.5. The van der Waals surface area contributed by atoms with Crippen LogP contribution in [0.4, 0.5) is 19.1 Å². The molecule has 9 nitrogen and oxygen atoms in total. The lowest BCUT2D eigenvalue weighted by Gasteiger charge is -2.49. The maximum Gasteiger partial charge on any atom is 0.411 e. The zero-order chi connectivity index (χ0) is 25.8. The molecule has 0 saturated carbocycles. The first-order valence-electron chi connectivity index (χ1n) is 11.9. The molecule has 37 heavy (non-hydrogen) atoms. The van der Waals surface area contributed by atoms with Gasteiger partial charge >= 0.3 is 6.18 Å². The third-order valence-electron chi connectivity index (χ3n) is 7.45. The number of halogens is 4. The fourth-order valence-electron chi connectivity index (χ4n) is 5.32. The van der Waals surface area contributed by atoms with Gasteiger partial charge in [0, 0.05) is 36.8 Å². The van der Waals surface area contributed by atoms with Crippen LogP contribution in [0.25, 0.3) is 5.69 Å². The fourth-order valence-corrected chi connectivity index (χ4v) is 5.51. The summed E-state index contributed by atoms with van der Waals surface area (Å²) in [5.41, 5.74) is -0.339. The van der Waals surface area contributed by atoms with Crippen LogP contribution in [0.1, 0.15) is 41.7 Å². The normalized spacial score (nSPS) is 19.9. The van der Waals surface area contributed by atoms with Crippen LogP contribution in [0.2, 0.25) is 5.02 Å². The number of aromatic nitrogens is 5. The summed E-state index contributed by atoms with van der Waals surface area (Å²) in [7, 11) is 0. The van der Waals surface area contributed by atoms with E-state index in [9.17, 15) is 13.2 Å². The van der Waals surface area contributed by atoms with Crippen LogP contribution >= 0.6 is 11.6 Å². The molecule has 0 spiro atoms. The first-order valence-corrected chi connectivity index (χ1v) is 12.3. The Balaban J connectivity index is 1.32. The minimum Gasteiger partial charge on any atom is -0.377 e. The van der Waals surface area contributed by atoms with Gasteiger partial charge in [-0.25, -0.2) is 9.97 Å². The zero-order valence-corrected chi connectivity index (χ0v) is 20.4. The lowest BCUT2D eigenvalue weighted by Crippen LogP contribution is -2.69. The average molecular weight is 531 g/mol. The molecule has 2 fully saturated rings. The van der Waals surface area contributed by atoms with Gasteiger partial charge in [0.1, 0.15) is 17.6 Å². The molecular formula is C24H22ClF3N8O. The Morgan fingerprint density at radius 3 is 2.57 bits per heavy atom. The van der Waals surface area contributed by atoms with Gasteiger partial charge in [0.25, 0.3) is 0 Å². The molecule has 192 valence electrons. The van der Waals surface area contributed by atoms with Crippen molar-refractivity contribution in [2.75, 3.05) is 31.2 Å². The van der Waals surface area contributed by atoms with Crippen LogP contribution in [0, 0.1) is 11.3 Å². The van der Waals surface area contributed by atoms with Crippen molar-refractivity contribution in [3.05, 3.63) is 58.4 Å². The minimum absolute atomic E-state index is 0.0180. The number of nitrogens with zero attached hydrogens (tertiary/aromatic N) is 8. The quantitative estimate of drug-likeness (QED) is 0.507. The summed E-state index contributed by atoms with van der Waals surface area (Å²) in [6, 6.07) is 8.87. The third-order valence-corrected chi connectivity index (χ3v) is 7.68. The topological polar surface area (TPSA) is 96.0 Å². The van der Waals surface area contributed by atoms with Gasteiger partial charge in [0.2, 0.25) is 5.95 Å². The molecule has 3 aromatic rings. The number of piperidine rings is 1. The zero-order valence-electron chi connectivity index (χ0n) is 19.6. The number of nitriles is 1. The second kappa shape index (κ2) is 8.93. The van der Waals surface area contributed by atoms with E-state index in [-0.39, 0.29) is 19.0 Å². The van der Waals surface area contributed by atoms with Gasteiger partial charge in [-0.15, -0.1) is 10.2 Å². The number of rotatable bonds is 3. The fraction of sp³-hybridized carbons (Fsp3) is 0.458. The summed E-state index contributed by atoms with van der Waals surface area (Å²) in [4.78, 5) is 12.0. The van der Waals surface area contributed by atoms with Gasteiger partial charge in [-0.05, 0) is 42.7 Å². The highest BCUT2D eigenvalue weighted by Gasteiger charge is 2.63. The summed E-state index contributed by atoms with van der Waals surface area (Å²) in [6.07, 6.45) is -1.43. The van der Waals surface area contributed by atoms with Gasteiger partial charge < -0.3 is 9.64 Å². The largest absolute Gasteiger partial charge is 0.411 e. The molecule has 0 radical (unpaired) electrons. The van der Waals surface area contributed by atoms with Crippen molar-refractivity contribution in [3.8, 4) is 11.8 Å². The second-order valence-corrected chi connectivity index (χ2v) is 10.0. The smallest absolute Gasteiger partial charge is 0.377 e. The first-order chi connectivity index (χ1) is 17.8. The van der Waals surface area contributed by atoms with Crippen LogP contribution in [-0.4, -0.2) is 67.7 Å².